The first-order chi connectivity index (χ1) is 10.9. The average Bonchev–Trinajstić information content (AvgIpc) is 2.55. The van der Waals surface area contributed by atoms with Crippen LogP contribution < -0.4 is 9.64 Å². The van der Waals surface area contributed by atoms with Crippen molar-refractivity contribution in [3.8, 4) is 5.75 Å². The predicted octanol–water partition coefficient (Wildman–Crippen LogP) is 3.06. The Morgan fingerprint density at radius 2 is 1.70 bits per heavy atom. The van der Waals surface area contributed by atoms with Gasteiger partial charge in [0, 0.05) is 44.0 Å². The number of hydrogen-bond donors (Lipinski definition) is 0. The first-order valence-corrected chi connectivity index (χ1v) is 8.32. The Kier molecular flexibility index (Phi) is 5.52. The van der Waals surface area contributed by atoms with Gasteiger partial charge in [-0.3, -0.25) is 9.80 Å². The van der Waals surface area contributed by atoms with Gasteiger partial charge in [0.1, 0.15) is 5.75 Å². The van der Waals surface area contributed by atoms with E-state index in [0.29, 0.717) is 6.54 Å². The summed E-state index contributed by atoms with van der Waals surface area (Å²) in [5.41, 5.74) is 1.08. The van der Waals surface area contributed by atoms with E-state index < -0.39 is 0 Å². The van der Waals surface area contributed by atoms with Gasteiger partial charge in [-0.25, -0.2) is 4.79 Å². The van der Waals surface area contributed by atoms with Gasteiger partial charge in [-0.05, 0) is 52.0 Å². The molecule has 1 aliphatic heterocycles. The van der Waals surface area contributed by atoms with Gasteiger partial charge < -0.3 is 9.64 Å². The van der Waals surface area contributed by atoms with Crippen molar-refractivity contribution in [2.24, 2.45) is 0 Å². The van der Waals surface area contributed by atoms with Crippen LogP contribution in [0.4, 0.5) is 10.5 Å². The molecule has 0 unspecified atom stereocenters. The lowest BCUT2D eigenvalue weighted by atomic mass is 10.1. The van der Waals surface area contributed by atoms with Crippen molar-refractivity contribution >= 4 is 11.7 Å². The predicted molar refractivity (Wildman–Crippen MR) is 94.3 cm³/mol. The summed E-state index contributed by atoms with van der Waals surface area (Å²) in [5.74, 6) is 0.802. The van der Waals surface area contributed by atoms with Gasteiger partial charge in [0.25, 0.3) is 0 Å². The van der Waals surface area contributed by atoms with Crippen LogP contribution in [-0.4, -0.2) is 61.2 Å². The number of carbonyl (C=O) groups is 1. The molecule has 2 amide bonds. The molecule has 0 spiro atoms. The Morgan fingerprint density at radius 1 is 1.13 bits per heavy atom. The number of benzene rings is 1. The van der Waals surface area contributed by atoms with Crippen LogP contribution in [0.3, 0.4) is 0 Å². The van der Waals surface area contributed by atoms with Crippen LogP contribution in [0.15, 0.2) is 24.3 Å². The van der Waals surface area contributed by atoms with Crippen LogP contribution in [0.5, 0.6) is 5.75 Å². The highest BCUT2D eigenvalue weighted by Crippen LogP contribution is 2.22. The summed E-state index contributed by atoms with van der Waals surface area (Å²) in [4.78, 5) is 19.1. The van der Waals surface area contributed by atoms with Crippen molar-refractivity contribution in [2.75, 3.05) is 44.7 Å². The molecule has 5 nitrogen and oxygen atoms in total. The minimum absolute atomic E-state index is 0.0891. The van der Waals surface area contributed by atoms with E-state index in [1.54, 1.807) is 7.11 Å². The third-order valence-electron chi connectivity index (χ3n) is 4.43. The molecule has 1 aromatic carbocycles. The molecule has 23 heavy (non-hydrogen) atoms. The molecule has 0 atom stereocenters. The lowest BCUT2D eigenvalue weighted by molar-refractivity contribution is 0.0760. The number of carbonyl (C=O) groups excluding carboxylic acids is 1. The number of urea groups is 1. The highest BCUT2D eigenvalue weighted by molar-refractivity contribution is 5.92. The standard InChI is InChI=1S/C18H29N3O2/c1-6-21(15-7-9-16(23-5)10-8-15)17(22)19-11-13-20(14-12-19)18(2,3)4/h7-10H,6,11-14H2,1-5H3. The number of amides is 2. The zero-order valence-electron chi connectivity index (χ0n) is 15.0. The van der Waals surface area contributed by atoms with Gasteiger partial charge in [0.05, 0.1) is 7.11 Å². The smallest absolute Gasteiger partial charge is 0.324 e. The fourth-order valence-corrected chi connectivity index (χ4v) is 2.93. The Bertz CT molecular complexity index is 514. The molecule has 0 bridgehead atoms. The summed E-state index contributed by atoms with van der Waals surface area (Å²) in [6.07, 6.45) is 0. The third-order valence-corrected chi connectivity index (χ3v) is 4.43. The van der Waals surface area contributed by atoms with Crippen molar-refractivity contribution in [3.63, 3.8) is 0 Å². The Labute approximate surface area is 139 Å². The molecule has 1 aliphatic rings. The molecule has 0 N–H and O–H groups in total. The lowest BCUT2D eigenvalue weighted by Crippen LogP contribution is -2.57. The minimum Gasteiger partial charge on any atom is -0.497 e. The lowest BCUT2D eigenvalue weighted by Gasteiger charge is -2.43. The number of nitrogens with zero attached hydrogens (tertiary/aromatic N) is 3. The Morgan fingerprint density at radius 3 is 2.13 bits per heavy atom. The minimum atomic E-state index is 0.0891. The van der Waals surface area contributed by atoms with Crippen molar-refractivity contribution in [1.82, 2.24) is 9.80 Å². The summed E-state index contributed by atoms with van der Waals surface area (Å²) in [5, 5.41) is 0. The maximum atomic E-state index is 12.8. The van der Waals surface area contributed by atoms with E-state index in [1.807, 2.05) is 41.0 Å². The van der Waals surface area contributed by atoms with Gasteiger partial charge in [0.2, 0.25) is 0 Å². The van der Waals surface area contributed by atoms with Crippen LogP contribution >= 0.6 is 0 Å². The third kappa shape index (κ3) is 4.16. The number of piperazine rings is 1. The number of methoxy groups -OCH3 is 1. The van der Waals surface area contributed by atoms with E-state index >= 15 is 0 Å². The Hall–Kier alpha value is -1.75. The Balaban J connectivity index is 2.03. The summed E-state index contributed by atoms with van der Waals surface area (Å²) in [6, 6.07) is 7.74. The maximum absolute atomic E-state index is 12.8. The van der Waals surface area contributed by atoms with Crippen molar-refractivity contribution in [3.05, 3.63) is 24.3 Å². The second-order valence-electron chi connectivity index (χ2n) is 6.87. The molecule has 0 saturated carbocycles. The first kappa shape index (κ1) is 17.6. The van der Waals surface area contributed by atoms with Crippen LogP contribution in [-0.2, 0) is 0 Å². The normalized spacial score (nSPS) is 16.3. The fraction of sp³-hybridized carbons (Fsp3) is 0.611. The van der Waals surface area contributed by atoms with Gasteiger partial charge in [-0.15, -0.1) is 0 Å². The van der Waals surface area contributed by atoms with Crippen molar-refractivity contribution in [1.29, 1.82) is 0 Å². The zero-order chi connectivity index (χ0) is 17.0. The van der Waals surface area contributed by atoms with E-state index in [-0.39, 0.29) is 11.6 Å². The SMILES string of the molecule is CCN(C(=O)N1CCN(C(C)(C)C)CC1)c1ccc(OC)cc1. The molecule has 2 rings (SSSR count). The maximum Gasteiger partial charge on any atom is 0.324 e. The summed E-state index contributed by atoms with van der Waals surface area (Å²) >= 11 is 0. The monoisotopic (exact) mass is 319 g/mol. The van der Waals surface area contributed by atoms with Gasteiger partial charge in [-0.2, -0.15) is 0 Å². The topological polar surface area (TPSA) is 36.0 Å². The van der Waals surface area contributed by atoms with Crippen molar-refractivity contribution in [2.45, 2.75) is 33.2 Å². The molecule has 0 radical (unpaired) electrons. The van der Waals surface area contributed by atoms with E-state index in [1.165, 1.54) is 0 Å². The van der Waals surface area contributed by atoms with Crippen LogP contribution in [0.2, 0.25) is 0 Å². The van der Waals surface area contributed by atoms with Crippen LogP contribution in [0.1, 0.15) is 27.7 Å². The number of hydrogen-bond acceptors (Lipinski definition) is 3. The second-order valence-corrected chi connectivity index (χ2v) is 6.87. The number of ether oxygens (including phenoxy) is 1. The van der Waals surface area contributed by atoms with E-state index in [4.69, 9.17) is 4.74 Å². The largest absolute Gasteiger partial charge is 0.497 e. The summed E-state index contributed by atoms with van der Waals surface area (Å²) in [7, 11) is 1.65. The van der Waals surface area contributed by atoms with Crippen LogP contribution in [0, 0.1) is 0 Å². The number of rotatable bonds is 3. The molecule has 1 heterocycles. The zero-order valence-corrected chi connectivity index (χ0v) is 15.0. The summed E-state index contributed by atoms with van der Waals surface area (Å²) in [6.45, 7) is 12.7. The molecule has 1 aromatic rings. The first-order valence-electron chi connectivity index (χ1n) is 8.32. The highest BCUT2D eigenvalue weighted by atomic mass is 16.5. The van der Waals surface area contributed by atoms with Gasteiger partial charge in [0.15, 0.2) is 0 Å². The van der Waals surface area contributed by atoms with E-state index in [2.05, 4.69) is 25.7 Å². The highest BCUT2D eigenvalue weighted by Gasteiger charge is 2.29. The number of anilines is 1. The average molecular weight is 319 g/mol. The fourth-order valence-electron chi connectivity index (χ4n) is 2.93. The molecule has 128 valence electrons. The second kappa shape index (κ2) is 7.21. The van der Waals surface area contributed by atoms with E-state index in [0.717, 1.165) is 37.6 Å². The molecule has 0 aliphatic carbocycles. The molecular weight excluding hydrogens is 290 g/mol. The summed E-state index contributed by atoms with van der Waals surface area (Å²) < 4.78 is 5.18. The molecule has 1 saturated heterocycles. The quantitative estimate of drug-likeness (QED) is 0.859. The van der Waals surface area contributed by atoms with Crippen molar-refractivity contribution < 1.29 is 9.53 Å². The van der Waals surface area contributed by atoms with Gasteiger partial charge >= 0.3 is 6.03 Å². The molecule has 5 heteroatoms. The van der Waals surface area contributed by atoms with E-state index in [9.17, 15) is 4.79 Å². The molecule has 1 fully saturated rings. The van der Waals surface area contributed by atoms with Gasteiger partial charge in [-0.1, -0.05) is 0 Å². The molecular formula is C18H29N3O2. The van der Waals surface area contributed by atoms with Crippen LogP contribution in [0.25, 0.3) is 0 Å². The molecule has 0 aromatic heterocycles.